The maximum absolute atomic E-state index is 12.0. The van der Waals surface area contributed by atoms with Gasteiger partial charge in [0.25, 0.3) is 5.91 Å². The van der Waals surface area contributed by atoms with Gasteiger partial charge < -0.3 is 5.32 Å². The van der Waals surface area contributed by atoms with Crippen LogP contribution in [0.4, 0.5) is 0 Å². The number of halogens is 2. The number of carbonyl (C=O) groups is 1. The molecule has 90 valence electrons. The fourth-order valence-corrected chi connectivity index (χ4v) is 2.74. The lowest BCUT2D eigenvalue weighted by Crippen LogP contribution is -2.35. The van der Waals surface area contributed by atoms with E-state index in [0.717, 1.165) is 23.7 Å². The number of benzene rings is 1. The van der Waals surface area contributed by atoms with Crippen molar-refractivity contribution in [1.29, 1.82) is 0 Å². The highest BCUT2D eigenvalue weighted by Crippen LogP contribution is 2.20. The second kappa shape index (κ2) is 5.69. The highest BCUT2D eigenvalue weighted by atomic mass is 79.9. The van der Waals surface area contributed by atoms with Gasteiger partial charge in [-0.05, 0) is 37.5 Å². The maximum atomic E-state index is 12.0. The van der Waals surface area contributed by atoms with E-state index in [2.05, 4.69) is 33.4 Å². The average Bonchev–Trinajstić information content (AvgIpc) is 2.29. The first kappa shape index (κ1) is 12.7. The fourth-order valence-electron chi connectivity index (χ4n) is 1.88. The minimum absolute atomic E-state index is 0.0616. The van der Waals surface area contributed by atoms with Crippen LogP contribution in [0, 0.1) is 0 Å². The Labute approximate surface area is 114 Å². The first-order chi connectivity index (χ1) is 8.15. The lowest BCUT2D eigenvalue weighted by Gasteiger charge is -2.19. The summed E-state index contributed by atoms with van der Waals surface area (Å²) in [7, 11) is 0. The normalized spacial score (nSPS) is 19.1. The van der Waals surface area contributed by atoms with Crippen molar-refractivity contribution in [2.24, 2.45) is 0 Å². The van der Waals surface area contributed by atoms with E-state index in [1.165, 1.54) is 0 Å². The van der Waals surface area contributed by atoms with Gasteiger partial charge in [-0.25, -0.2) is 0 Å². The molecule has 0 spiro atoms. The number of allylic oxidation sites excluding steroid dienone is 1. The van der Waals surface area contributed by atoms with Gasteiger partial charge in [-0.1, -0.05) is 39.7 Å². The molecule has 2 nitrogen and oxygen atoms in total. The van der Waals surface area contributed by atoms with Gasteiger partial charge in [0, 0.05) is 21.1 Å². The number of hydrogen-bond donors (Lipinski definition) is 1. The van der Waals surface area contributed by atoms with Crippen LogP contribution in [0.15, 0.2) is 34.8 Å². The van der Waals surface area contributed by atoms with Crippen LogP contribution < -0.4 is 5.32 Å². The topological polar surface area (TPSA) is 29.1 Å². The predicted octanol–water partition coefficient (Wildman–Crippen LogP) is 3.94. The van der Waals surface area contributed by atoms with Crippen molar-refractivity contribution in [3.8, 4) is 0 Å². The summed E-state index contributed by atoms with van der Waals surface area (Å²) >= 11 is 9.25. The molecule has 0 aliphatic heterocycles. The van der Waals surface area contributed by atoms with E-state index in [1.807, 2.05) is 0 Å². The molecule has 1 N–H and O–H groups in total. The molecule has 1 aromatic rings. The lowest BCUT2D eigenvalue weighted by molar-refractivity contribution is 0.0934. The molecule has 1 amide bonds. The summed E-state index contributed by atoms with van der Waals surface area (Å²) in [5.74, 6) is -0.0616. The third kappa shape index (κ3) is 3.58. The number of nitrogens with one attached hydrogen (secondary N) is 1. The quantitative estimate of drug-likeness (QED) is 0.823. The predicted molar refractivity (Wildman–Crippen MR) is 73.4 cm³/mol. The van der Waals surface area contributed by atoms with E-state index in [0.29, 0.717) is 10.6 Å². The van der Waals surface area contributed by atoms with E-state index in [4.69, 9.17) is 11.6 Å². The molecule has 1 unspecified atom stereocenters. The van der Waals surface area contributed by atoms with Gasteiger partial charge in [0.15, 0.2) is 0 Å². The summed E-state index contributed by atoms with van der Waals surface area (Å²) in [6.45, 7) is 0. The summed E-state index contributed by atoms with van der Waals surface area (Å²) in [5.41, 5.74) is 0.596. The molecule has 4 heteroatoms. The molecular formula is C13H13BrClNO. The largest absolute Gasteiger partial charge is 0.349 e. The number of carbonyl (C=O) groups excluding carboxylic acids is 1. The Kier molecular flexibility index (Phi) is 4.24. The Bertz CT molecular complexity index is 438. The first-order valence-corrected chi connectivity index (χ1v) is 6.74. The number of hydrogen-bond acceptors (Lipinski definition) is 1. The third-order valence-electron chi connectivity index (χ3n) is 2.73. The Morgan fingerprint density at radius 2 is 2.18 bits per heavy atom. The van der Waals surface area contributed by atoms with E-state index in [-0.39, 0.29) is 11.9 Å². The number of amides is 1. The van der Waals surface area contributed by atoms with Crippen LogP contribution in [-0.2, 0) is 0 Å². The van der Waals surface area contributed by atoms with Crippen molar-refractivity contribution >= 4 is 33.4 Å². The van der Waals surface area contributed by atoms with E-state index < -0.39 is 0 Å². The molecule has 1 aliphatic rings. The van der Waals surface area contributed by atoms with Crippen LogP contribution in [-0.4, -0.2) is 11.9 Å². The summed E-state index contributed by atoms with van der Waals surface area (Å²) in [6, 6.07) is 5.47. The standard InChI is InChI=1S/C13H13BrClNO/c14-10-6-9(7-11(15)8-10)13(17)16-12-4-2-1-3-5-12/h1-2,6-8,12H,3-5H2,(H,16,17). The van der Waals surface area contributed by atoms with Crippen molar-refractivity contribution in [3.05, 3.63) is 45.4 Å². The summed E-state index contributed by atoms with van der Waals surface area (Å²) < 4.78 is 0.818. The molecule has 0 heterocycles. The van der Waals surface area contributed by atoms with Crippen LogP contribution in [0.1, 0.15) is 29.6 Å². The maximum Gasteiger partial charge on any atom is 0.251 e. The Hall–Kier alpha value is -0.800. The Morgan fingerprint density at radius 3 is 2.82 bits per heavy atom. The van der Waals surface area contributed by atoms with Crippen molar-refractivity contribution in [3.63, 3.8) is 0 Å². The van der Waals surface area contributed by atoms with Gasteiger partial charge in [-0.2, -0.15) is 0 Å². The lowest BCUT2D eigenvalue weighted by atomic mass is 10.0. The highest BCUT2D eigenvalue weighted by Gasteiger charge is 2.14. The Balaban J connectivity index is 2.06. The minimum Gasteiger partial charge on any atom is -0.349 e. The zero-order chi connectivity index (χ0) is 12.3. The molecule has 1 atom stereocenters. The monoisotopic (exact) mass is 313 g/mol. The van der Waals surface area contributed by atoms with Crippen molar-refractivity contribution in [2.45, 2.75) is 25.3 Å². The summed E-state index contributed by atoms with van der Waals surface area (Å²) in [5, 5.41) is 3.58. The van der Waals surface area contributed by atoms with Crippen molar-refractivity contribution in [1.82, 2.24) is 5.32 Å². The molecular weight excluding hydrogens is 302 g/mol. The van der Waals surface area contributed by atoms with Gasteiger partial charge in [-0.3, -0.25) is 4.79 Å². The molecule has 1 aliphatic carbocycles. The van der Waals surface area contributed by atoms with Crippen LogP contribution in [0.3, 0.4) is 0 Å². The second-order valence-electron chi connectivity index (χ2n) is 4.11. The van der Waals surface area contributed by atoms with Crippen LogP contribution in [0.2, 0.25) is 5.02 Å². The smallest absolute Gasteiger partial charge is 0.251 e. The molecule has 0 saturated heterocycles. The molecule has 17 heavy (non-hydrogen) atoms. The summed E-state index contributed by atoms with van der Waals surface area (Å²) in [4.78, 5) is 12.0. The second-order valence-corrected chi connectivity index (χ2v) is 5.47. The zero-order valence-electron chi connectivity index (χ0n) is 9.25. The average molecular weight is 315 g/mol. The minimum atomic E-state index is -0.0616. The van der Waals surface area contributed by atoms with Crippen molar-refractivity contribution in [2.75, 3.05) is 0 Å². The van der Waals surface area contributed by atoms with Gasteiger partial charge in [-0.15, -0.1) is 0 Å². The molecule has 0 bridgehead atoms. The van der Waals surface area contributed by atoms with Gasteiger partial charge in [0.05, 0.1) is 0 Å². The van der Waals surface area contributed by atoms with Gasteiger partial charge in [0.2, 0.25) is 0 Å². The zero-order valence-corrected chi connectivity index (χ0v) is 11.6. The third-order valence-corrected chi connectivity index (χ3v) is 3.41. The highest BCUT2D eigenvalue weighted by molar-refractivity contribution is 9.10. The molecule has 2 rings (SSSR count). The molecule has 0 aromatic heterocycles. The Morgan fingerprint density at radius 1 is 1.35 bits per heavy atom. The van der Waals surface area contributed by atoms with E-state index in [9.17, 15) is 4.79 Å². The van der Waals surface area contributed by atoms with Gasteiger partial charge >= 0.3 is 0 Å². The van der Waals surface area contributed by atoms with Gasteiger partial charge in [0.1, 0.15) is 0 Å². The SMILES string of the molecule is O=C(NC1CC=CCC1)c1cc(Cl)cc(Br)c1. The van der Waals surface area contributed by atoms with Crippen LogP contribution in [0.25, 0.3) is 0 Å². The van der Waals surface area contributed by atoms with Crippen molar-refractivity contribution < 1.29 is 4.79 Å². The molecule has 0 radical (unpaired) electrons. The molecule has 0 saturated carbocycles. The van der Waals surface area contributed by atoms with E-state index >= 15 is 0 Å². The van der Waals surface area contributed by atoms with Crippen LogP contribution in [0.5, 0.6) is 0 Å². The van der Waals surface area contributed by atoms with E-state index in [1.54, 1.807) is 18.2 Å². The molecule has 1 aromatic carbocycles. The number of rotatable bonds is 2. The first-order valence-electron chi connectivity index (χ1n) is 5.57. The molecule has 0 fully saturated rings. The fraction of sp³-hybridized carbons (Fsp3) is 0.308. The summed E-state index contributed by atoms with van der Waals surface area (Å²) in [6.07, 6.45) is 7.21. The van der Waals surface area contributed by atoms with Crippen LogP contribution >= 0.6 is 27.5 Å².